The van der Waals surface area contributed by atoms with E-state index < -0.39 is 19.1 Å². The summed E-state index contributed by atoms with van der Waals surface area (Å²) in [5.41, 5.74) is 0. The molecule has 86 valence electrons. The molecule has 0 radical (unpaired) electrons. The van der Waals surface area contributed by atoms with Gasteiger partial charge >= 0.3 is 0 Å². The first kappa shape index (κ1) is 13.7. The van der Waals surface area contributed by atoms with Crippen LogP contribution < -0.4 is 0 Å². The molecule has 0 amide bonds. The summed E-state index contributed by atoms with van der Waals surface area (Å²) in [5, 5.41) is 9.27. The summed E-state index contributed by atoms with van der Waals surface area (Å²) in [6, 6.07) is 0. The molecule has 0 aromatic rings. The van der Waals surface area contributed by atoms with E-state index in [1.165, 1.54) is 0 Å². The molecule has 0 spiro atoms. The second-order valence-corrected chi connectivity index (χ2v) is 3.29. The number of ether oxygens (including phenoxy) is 2. The van der Waals surface area contributed by atoms with Crippen LogP contribution in [0.1, 0.15) is 20.3 Å². The Morgan fingerprint density at radius 1 is 1.21 bits per heavy atom. The number of aliphatic hydroxyl groups excluding tert-OH is 1. The second kappa shape index (κ2) is 8.08. The maximum atomic E-state index is 11.6. The van der Waals surface area contributed by atoms with Gasteiger partial charge in [0, 0.05) is 6.61 Å². The topological polar surface area (TPSA) is 38.7 Å². The summed E-state index contributed by atoms with van der Waals surface area (Å²) in [6.07, 6.45) is -2.71. The molecular formula is C9H18F2O3. The van der Waals surface area contributed by atoms with E-state index in [4.69, 9.17) is 4.74 Å². The zero-order chi connectivity index (χ0) is 11.0. The van der Waals surface area contributed by atoms with Gasteiger partial charge in [-0.25, -0.2) is 8.78 Å². The molecule has 0 heterocycles. The highest BCUT2D eigenvalue weighted by Gasteiger charge is 2.07. The van der Waals surface area contributed by atoms with Crippen molar-refractivity contribution in [3.8, 4) is 0 Å². The molecule has 1 N–H and O–H groups in total. The number of halogens is 2. The Balaban J connectivity index is 3.22. The van der Waals surface area contributed by atoms with E-state index in [2.05, 4.69) is 4.74 Å². The van der Waals surface area contributed by atoms with E-state index in [-0.39, 0.29) is 19.3 Å². The predicted octanol–water partition coefficient (Wildman–Crippen LogP) is 1.44. The van der Waals surface area contributed by atoms with Crippen LogP contribution in [-0.4, -0.2) is 43.6 Å². The third kappa shape index (κ3) is 9.83. The summed E-state index contributed by atoms with van der Waals surface area (Å²) >= 11 is 0. The fourth-order valence-electron chi connectivity index (χ4n) is 0.779. The zero-order valence-corrected chi connectivity index (χ0v) is 8.58. The summed E-state index contributed by atoms with van der Waals surface area (Å²) in [7, 11) is 0. The van der Waals surface area contributed by atoms with Crippen LogP contribution in [0.15, 0.2) is 0 Å². The minimum absolute atomic E-state index is 0.0617. The van der Waals surface area contributed by atoms with Gasteiger partial charge in [0.05, 0.1) is 18.8 Å². The maximum absolute atomic E-state index is 11.6. The first-order valence-corrected chi connectivity index (χ1v) is 4.68. The molecule has 0 rings (SSSR count). The fourth-order valence-corrected chi connectivity index (χ4v) is 0.779. The minimum Gasteiger partial charge on any atom is -0.391 e. The molecular weight excluding hydrogens is 194 g/mol. The Labute approximate surface area is 83.0 Å². The van der Waals surface area contributed by atoms with Gasteiger partial charge in [-0.2, -0.15) is 0 Å². The summed E-state index contributed by atoms with van der Waals surface area (Å²) in [6.45, 7) is 3.50. The highest BCUT2D eigenvalue weighted by atomic mass is 19.3. The molecule has 0 bridgehead atoms. The summed E-state index contributed by atoms with van der Waals surface area (Å²) < 4.78 is 32.9. The van der Waals surface area contributed by atoms with Crippen molar-refractivity contribution >= 4 is 0 Å². The molecule has 0 aromatic carbocycles. The molecule has 0 aromatic heterocycles. The van der Waals surface area contributed by atoms with Gasteiger partial charge in [-0.05, 0) is 20.3 Å². The van der Waals surface area contributed by atoms with Gasteiger partial charge < -0.3 is 14.6 Å². The van der Waals surface area contributed by atoms with E-state index in [1.54, 1.807) is 0 Å². The highest BCUT2D eigenvalue weighted by molar-refractivity contribution is 4.54. The molecule has 0 aliphatic heterocycles. The maximum Gasteiger partial charge on any atom is 0.261 e. The molecule has 0 saturated heterocycles. The van der Waals surface area contributed by atoms with Gasteiger partial charge in [0.25, 0.3) is 6.43 Å². The first-order chi connectivity index (χ1) is 6.52. The van der Waals surface area contributed by atoms with Crippen LogP contribution in [0.4, 0.5) is 8.78 Å². The van der Waals surface area contributed by atoms with E-state index >= 15 is 0 Å². The normalized spacial score (nSPS) is 13.9. The molecule has 1 unspecified atom stereocenters. The van der Waals surface area contributed by atoms with Crippen molar-refractivity contribution in [1.82, 2.24) is 0 Å². The van der Waals surface area contributed by atoms with Crippen molar-refractivity contribution in [3.63, 3.8) is 0 Å². The Hall–Kier alpha value is -0.260. The lowest BCUT2D eigenvalue weighted by molar-refractivity contribution is -0.0244. The van der Waals surface area contributed by atoms with E-state index in [0.29, 0.717) is 6.42 Å². The van der Waals surface area contributed by atoms with Crippen molar-refractivity contribution in [2.24, 2.45) is 0 Å². The molecule has 1 atom stereocenters. The van der Waals surface area contributed by atoms with Crippen molar-refractivity contribution in [1.29, 1.82) is 0 Å². The predicted molar refractivity (Wildman–Crippen MR) is 48.5 cm³/mol. The average Bonchev–Trinajstić information content (AvgIpc) is 2.08. The number of hydrogen-bond acceptors (Lipinski definition) is 3. The number of hydrogen-bond donors (Lipinski definition) is 1. The van der Waals surface area contributed by atoms with Crippen molar-refractivity contribution < 1.29 is 23.4 Å². The standard InChI is InChI=1S/C9H18F2O3/c1-7(2)14-5-8(12)3-4-13-6-9(10)11/h7-9,12H,3-6H2,1-2H3. The van der Waals surface area contributed by atoms with Crippen LogP contribution in [-0.2, 0) is 9.47 Å². The fraction of sp³-hybridized carbons (Fsp3) is 1.00. The van der Waals surface area contributed by atoms with E-state index in [1.807, 2.05) is 13.8 Å². The molecule has 14 heavy (non-hydrogen) atoms. The van der Waals surface area contributed by atoms with Gasteiger partial charge in [-0.1, -0.05) is 0 Å². The largest absolute Gasteiger partial charge is 0.391 e. The number of alkyl halides is 2. The Bertz CT molecular complexity index is 131. The summed E-state index contributed by atoms with van der Waals surface area (Å²) in [4.78, 5) is 0. The monoisotopic (exact) mass is 212 g/mol. The van der Waals surface area contributed by atoms with Crippen LogP contribution in [0.3, 0.4) is 0 Å². The van der Waals surface area contributed by atoms with Gasteiger partial charge in [0.15, 0.2) is 0 Å². The Kier molecular flexibility index (Phi) is 7.93. The Morgan fingerprint density at radius 3 is 2.36 bits per heavy atom. The quantitative estimate of drug-likeness (QED) is 0.619. The zero-order valence-electron chi connectivity index (χ0n) is 8.58. The molecule has 0 fully saturated rings. The second-order valence-electron chi connectivity index (χ2n) is 3.29. The Morgan fingerprint density at radius 2 is 1.86 bits per heavy atom. The van der Waals surface area contributed by atoms with Gasteiger partial charge in [-0.3, -0.25) is 0 Å². The van der Waals surface area contributed by atoms with Gasteiger partial charge in [0.1, 0.15) is 6.61 Å². The lowest BCUT2D eigenvalue weighted by atomic mass is 10.3. The first-order valence-electron chi connectivity index (χ1n) is 4.68. The SMILES string of the molecule is CC(C)OCC(O)CCOCC(F)F. The van der Waals surface area contributed by atoms with Crippen molar-refractivity contribution in [2.45, 2.75) is 38.9 Å². The third-order valence-corrected chi connectivity index (χ3v) is 1.46. The number of aliphatic hydroxyl groups is 1. The third-order valence-electron chi connectivity index (χ3n) is 1.46. The molecule has 0 aliphatic carbocycles. The van der Waals surface area contributed by atoms with Crippen LogP contribution in [0.25, 0.3) is 0 Å². The minimum atomic E-state index is -2.45. The van der Waals surface area contributed by atoms with Crippen LogP contribution >= 0.6 is 0 Å². The molecule has 5 heteroatoms. The lowest BCUT2D eigenvalue weighted by Gasteiger charge is -2.13. The molecule has 0 aliphatic rings. The average molecular weight is 212 g/mol. The molecule has 0 saturated carbocycles. The molecule has 3 nitrogen and oxygen atoms in total. The smallest absolute Gasteiger partial charge is 0.261 e. The number of rotatable bonds is 8. The van der Waals surface area contributed by atoms with Crippen LogP contribution in [0.2, 0.25) is 0 Å². The van der Waals surface area contributed by atoms with Crippen LogP contribution in [0, 0.1) is 0 Å². The van der Waals surface area contributed by atoms with Crippen LogP contribution in [0.5, 0.6) is 0 Å². The highest BCUT2D eigenvalue weighted by Crippen LogP contribution is 1.98. The van der Waals surface area contributed by atoms with E-state index in [0.717, 1.165) is 0 Å². The lowest BCUT2D eigenvalue weighted by Crippen LogP contribution is -2.20. The van der Waals surface area contributed by atoms with Gasteiger partial charge in [0.2, 0.25) is 0 Å². The van der Waals surface area contributed by atoms with Crippen molar-refractivity contribution in [2.75, 3.05) is 19.8 Å². The summed E-state index contributed by atoms with van der Waals surface area (Å²) in [5.74, 6) is 0. The van der Waals surface area contributed by atoms with E-state index in [9.17, 15) is 13.9 Å². The van der Waals surface area contributed by atoms with Crippen molar-refractivity contribution in [3.05, 3.63) is 0 Å². The van der Waals surface area contributed by atoms with Gasteiger partial charge in [-0.15, -0.1) is 0 Å².